The van der Waals surface area contributed by atoms with Gasteiger partial charge >= 0.3 is 24.3 Å². The Labute approximate surface area is 295 Å². The number of aromatic amines is 1. The molecule has 10 nitrogen and oxygen atoms in total. The van der Waals surface area contributed by atoms with Gasteiger partial charge in [-0.15, -0.1) is 0 Å². The van der Waals surface area contributed by atoms with Crippen molar-refractivity contribution in [1.82, 2.24) is 15.3 Å². The Morgan fingerprint density at radius 2 is 1.48 bits per heavy atom. The number of hydrogen-bond acceptors (Lipinski definition) is 6. The number of aromatic nitrogens is 2. The average Bonchev–Trinajstić information content (AvgIpc) is 3.40. The summed E-state index contributed by atoms with van der Waals surface area (Å²) in [7, 11) is 1.65. The van der Waals surface area contributed by atoms with E-state index in [2.05, 4.69) is 33.5 Å². The number of fused-ring (bicyclic) bond motifs is 1. The molecule has 0 unspecified atom stereocenters. The second kappa shape index (κ2) is 19.8. The van der Waals surface area contributed by atoms with Gasteiger partial charge in [-0.1, -0.05) is 50.1 Å². The average molecular weight is 740 g/mol. The van der Waals surface area contributed by atoms with Crippen LogP contribution in [-0.4, -0.2) is 63.3 Å². The summed E-state index contributed by atoms with van der Waals surface area (Å²) in [6.07, 6.45) is -3.39. The molecule has 4 N–H and O–H groups in total. The van der Waals surface area contributed by atoms with Crippen LogP contribution in [0, 0.1) is 6.92 Å². The predicted molar refractivity (Wildman–Crippen MR) is 180 cm³/mol. The zero-order chi connectivity index (χ0) is 39.1. The Hall–Kier alpha value is -5.41. The number of pyridine rings is 1. The molecule has 1 atom stereocenters. The van der Waals surface area contributed by atoms with Crippen LogP contribution in [0.4, 0.5) is 26.3 Å². The number of methoxy groups -OCH3 is 1. The number of carboxylic acids is 2. The Morgan fingerprint density at radius 3 is 2.04 bits per heavy atom. The zero-order valence-electron chi connectivity index (χ0n) is 28.5. The Bertz CT molecular complexity index is 1770. The number of Topliss-reactive ketones (excluding diaryl/α,β-unsaturated/α-hetero) is 1. The highest BCUT2D eigenvalue weighted by atomic mass is 19.4. The van der Waals surface area contributed by atoms with Crippen molar-refractivity contribution in [3.05, 3.63) is 83.8 Å². The van der Waals surface area contributed by atoms with E-state index in [9.17, 15) is 35.9 Å². The van der Waals surface area contributed by atoms with Gasteiger partial charge in [0.05, 0.1) is 25.3 Å². The summed E-state index contributed by atoms with van der Waals surface area (Å²) in [4.78, 5) is 50.9. The highest BCUT2D eigenvalue weighted by Gasteiger charge is 2.38. The third-order valence-electron chi connectivity index (χ3n) is 7.57. The fraction of sp³-hybridized carbons (Fsp3) is 0.361. The van der Waals surface area contributed by atoms with Gasteiger partial charge in [-0.25, -0.2) is 9.59 Å². The summed E-state index contributed by atoms with van der Waals surface area (Å²) in [5.74, 6) is -4.49. The molecule has 16 heteroatoms. The Balaban J connectivity index is 0.000000564. The lowest BCUT2D eigenvalue weighted by Crippen LogP contribution is -2.30. The number of amides is 1. The number of halogens is 6. The molecule has 2 aromatic heterocycles. The van der Waals surface area contributed by atoms with Crippen LogP contribution in [0.5, 0.6) is 5.75 Å². The maximum absolute atomic E-state index is 13.4. The number of unbranched alkanes of at least 4 members (excludes halogenated alkanes) is 2. The van der Waals surface area contributed by atoms with Crippen LogP contribution in [0.1, 0.15) is 68.4 Å². The van der Waals surface area contributed by atoms with Crippen LogP contribution in [0.3, 0.4) is 0 Å². The summed E-state index contributed by atoms with van der Waals surface area (Å²) in [6, 6.07) is 19.9. The van der Waals surface area contributed by atoms with Crippen LogP contribution in [0.15, 0.2) is 66.9 Å². The second-order valence-corrected chi connectivity index (χ2v) is 11.4. The Morgan fingerprint density at radius 1 is 0.865 bits per heavy atom. The number of H-pyrrole nitrogens is 1. The van der Waals surface area contributed by atoms with E-state index in [0.717, 1.165) is 70.4 Å². The monoisotopic (exact) mass is 739 g/mol. The molecule has 0 fully saturated rings. The molecule has 0 radical (unpaired) electrons. The van der Waals surface area contributed by atoms with E-state index >= 15 is 0 Å². The lowest BCUT2D eigenvalue weighted by molar-refractivity contribution is -0.193. The summed E-state index contributed by atoms with van der Waals surface area (Å²) in [5.41, 5.74) is 5.97. The summed E-state index contributed by atoms with van der Waals surface area (Å²) >= 11 is 0. The van der Waals surface area contributed by atoms with Gasteiger partial charge in [-0.2, -0.15) is 26.3 Å². The minimum atomic E-state index is -5.08. The van der Waals surface area contributed by atoms with Gasteiger partial charge in [0.1, 0.15) is 11.5 Å². The van der Waals surface area contributed by atoms with Crippen molar-refractivity contribution in [1.29, 1.82) is 0 Å². The number of benzene rings is 2. The van der Waals surface area contributed by atoms with Gasteiger partial charge in [-0.3, -0.25) is 14.6 Å². The zero-order valence-corrected chi connectivity index (χ0v) is 28.5. The van der Waals surface area contributed by atoms with Gasteiger partial charge < -0.3 is 25.3 Å². The molecule has 0 aliphatic carbocycles. The number of hydrogen-bond donors (Lipinski definition) is 4. The van der Waals surface area contributed by atoms with Crippen molar-refractivity contribution in [3.8, 4) is 16.9 Å². The number of carboxylic acid groups (broad SMARTS) is 2. The molecule has 4 aromatic rings. The van der Waals surface area contributed by atoms with Crippen molar-refractivity contribution in [3.63, 3.8) is 0 Å². The van der Waals surface area contributed by atoms with E-state index in [1.54, 1.807) is 7.11 Å². The van der Waals surface area contributed by atoms with Crippen molar-refractivity contribution >= 4 is 34.5 Å². The maximum Gasteiger partial charge on any atom is 0.490 e. The predicted octanol–water partition coefficient (Wildman–Crippen LogP) is 8.14. The van der Waals surface area contributed by atoms with E-state index < -0.39 is 24.3 Å². The van der Waals surface area contributed by atoms with Crippen molar-refractivity contribution in [2.45, 2.75) is 77.2 Å². The maximum atomic E-state index is 13.4. The standard InChI is InChI=1S/C32H37N3O3.2C2HF3O2/c1-4-25(36)13-9-6-10-14-30(31-19-24(17-18-33-31)23-11-7-5-8-12-23)35-32(37)21-27-22(2)34-29-16-15-26(38-3)20-28(27)29;2*3-2(4,5)1(6)7/h5,7-8,11-12,15-20,30,34H,4,6,9-10,13-14,21H2,1-3H3,(H,35,37);2*(H,6,7)/t30-;;/m0../s1. The van der Waals surface area contributed by atoms with Crippen LogP contribution in [0.25, 0.3) is 22.0 Å². The number of carbonyl (C=O) groups is 4. The minimum Gasteiger partial charge on any atom is -0.497 e. The molecular formula is C36H39F6N3O7. The van der Waals surface area contributed by atoms with Crippen LogP contribution >= 0.6 is 0 Å². The van der Waals surface area contributed by atoms with Gasteiger partial charge in [0.2, 0.25) is 5.91 Å². The first kappa shape index (κ1) is 42.8. The SMILES string of the molecule is CCC(=O)CCCCC[C@H](NC(=O)Cc1c(C)[nH]c2ccc(OC)cc12)c1cc(-c2ccccc2)ccn1.O=C(O)C(F)(F)F.O=C(O)C(F)(F)F. The topological polar surface area (TPSA) is 159 Å². The minimum absolute atomic E-state index is 0.0464. The summed E-state index contributed by atoms with van der Waals surface area (Å²) in [6.45, 7) is 3.90. The van der Waals surface area contributed by atoms with E-state index in [-0.39, 0.29) is 18.4 Å². The number of ketones is 1. The molecule has 282 valence electrons. The second-order valence-electron chi connectivity index (χ2n) is 11.4. The molecule has 0 bridgehead atoms. The number of nitrogens with zero attached hydrogens (tertiary/aromatic N) is 1. The molecule has 0 saturated carbocycles. The number of aryl methyl sites for hydroxylation is 1. The smallest absolute Gasteiger partial charge is 0.490 e. The molecule has 0 aliphatic rings. The summed E-state index contributed by atoms with van der Waals surface area (Å²) < 4.78 is 68.9. The molecule has 52 heavy (non-hydrogen) atoms. The number of nitrogens with one attached hydrogen (secondary N) is 2. The lowest BCUT2D eigenvalue weighted by Gasteiger charge is -2.19. The number of rotatable bonds is 13. The molecule has 0 aliphatic heterocycles. The third kappa shape index (κ3) is 14.1. The van der Waals surface area contributed by atoms with Gasteiger partial charge in [0, 0.05) is 35.6 Å². The van der Waals surface area contributed by atoms with E-state index in [4.69, 9.17) is 24.5 Å². The van der Waals surface area contributed by atoms with Gasteiger partial charge in [0.15, 0.2) is 0 Å². The summed E-state index contributed by atoms with van der Waals surface area (Å²) in [5, 5.41) is 18.5. The highest BCUT2D eigenvalue weighted by molar-refractivity contribution is 5.91. The quantitative estimate of drug-likeness (QED) is 0.0790. The largest absolute Gasteiger partial charge is 0.497 e. The first-order valence-electron chi connectivity index (χ1n) is 15.9. The molecule has 1 amide bonds. The molecule has 2 aromatic carbocycles. The molecular weight excluding hydrogens is 700 g/mol. The first-order chi connectivity index (χ1) is 24.4. The van der Waals surface area contributed by atoms with Gasteiger partial charge in [-0.05, 0) is 66.8 Å². The Kier molecular flexibility index (Phi) is 16.3. The van der Waals surface area contributed by atoms with Gasteiger partial charge in [0.25, 0.3) is 0 Å². The van der Waals surface area contributed by atoms with E-state index in [1.165, 1.54) is 0 Å². The normalized spacial score (nSPS) is 11.7. The van der Waals surface area contributed by atoms with Crippen LogP contribution < -0.4 is 10.1 Å². The van der Waals surface area contributed by atoms with Crippen LogP contribution in [-0.2, 0) is 25.6 Å². The van der Waals surface area contributed by atoms with E-state index in [1.807, 2.05) is 62.5 Å². The first-order valence-corrected chi connectivity index (χ1v) is 15.9. The number of alkyl halides is 6. The number of aliphatic carboxylic acids is 2. The van der Waals surface area contributed by atoms with E-state index in [0.29, 0.717) is 18.6 Å². The van der Waals surface area contributed by atoms with Crippen molar-refractivity contribution < 1.29 is 60.5 Å². The third-order valence-corrected chi connectivity index (χ3v) is 7.57. The van der Waals surface area contributed by atoms with Crippen LogP contribution in [0.2, 0.25) is 0 Å². The fourth-order valence-corrected chi connectivity index (χ4v) is 4.89. The highest BCUT2D eigenvalue weighted by Crippen LogP contribution is 2.28. The fourth-order valence-electron chi connectivity index (χ4n) is 4.89. The molecule has 2 heterocycles. The lowest BCUT2D eigenvalue weighted by atomic mass is 9.99. The van der Waals surface area contributed by atoms with Crippen molar-refractivity contribution in [2.24, 2.45) is 0 Å². The number of carbonyl (C=O) groups excluding carboxylic acids is 2. The number of ether oxygens (including phenoxy) is 1. The molecule has 4 rings (SSSR count). The van der Waals surface area contributed by atoms with Crippen molar-refractivity contribution in [2.75, 3.05) is 7.11 Å². The molecule has 0 spiro atoms. The molecule has 0 saturated heterocycles.